The Kier molecular flexibility index (Phi) is 3.58. The van der Waals surface area contributed by atoms with Crippen molar-refractivity contribution in [3.63, 3.8) is 0 Å². The van der Waals surface area contributed by atoms with E-state index in [0.717, 1.165) is 30.8 Å². The molecule has 1 amide bonds. The number of nitrogens with zero attached hydrogens (tertiary/aromatic N) is 3. The van der Waals surface area contributed by atoms with Crippen molar-refractivity contribution in [2.75, 3.05) is 6.54 Å². The minimum atomic E-state index is 0.332. The predicted octanol–water partition coefficient (Wildman–Crippen LogP) is 2.16. The van der Waals surface area contributed by atoms with E-state index in [-0.39, 0.29) is 0 Å². The molecule has 4 heterocycles. The van der Waals surface area contributed by atoms with Gasteiger partial charge < -0.3 is 10.2 Å². The van der Waals surface area contributed by atoms with Crippen LogP contribution in [0.2, 0.25) is 0 Å². The molecule has 1 aromatic heterocycles. The van der Waals surface area contributed by atoms with Gasteiger partial charge in [-0.05, 0) is 44.4 Å². The maximum Gasteiger partial charge on any atom is 0.223 e. The van der Waals surface area contributed by atoms with Crippen LogP contribution in [0.5, 0.6) is 0 Å². The number of nitrogens with one attached hydrogen (secondary N) is 1. The number of amides is 1. The molecule has 0 aromatic carbocycles. The zero-order valence-corrected chi connectivity index (χ0v) is 14.2. The Labute approximate surface area is 143 Å². The standard InChI is InChI=1S/C19H26N4O/c24-18(9-12-7-15-3-4-16(8-12)21-15)23-6-5-17-14(11-23)10-20-19(22-17)13-1-2-13/h10,12-13,15-16,21H,1-9,11H2. The molecule has 3 aliphatic heterocycles. The number of hydrogen-bond acceptors (Lipinski definition) is 4. The number of carbonyl (C=O) groups is 1. The first-order valence-corrected chi connectivity index (χ1v) is 9.63. The number of rotatable bonds is 3. The van der Waals surface area contributed by atoms with E-state index >= 15 is 0 Å². The highest BCUT2D eigenvalue weighted by Gasteiger charge is 2.35. The summed E-state index contributed by atoms with van der Waals surface area (Å²) in [7, 11) is 0. The molecule has 4 aliphatic rings. The zero-order chi connectivity index (χ0) is 16.1. The summed E-state index contributed by atoms with van der Waals surface area (Å²) in [5.41, 5.74) is 2.33. The zero-order valence-electron chi connectivity index (χ0n) is 14.2. The van der Waals surface area contributed by atoms with Gasteiger partial charge in [0, 0.05) is 55.7 Å². The molecule has 2 bridgehead atoms. The number of fused-ring (bicyclic) bond motifs is 3. The van der Waals surface area contributed by atoms with Gasteiger partial charge in [-0.3, -0.25) is 4.79 Å². The maximum atomic E-state index is 12.8. The number of piperidine rings is 1. The van der Waals surface area contributed by atoms with E-state index in [1.54, 1.807) is 0 Å². The molecule has 1 saturated carbocycles. The highest BCUT2D eigenvalue weighted by Crippen LogP contribution is 2.38. The summed E-state index contributed by atoms with van der Waals surface area (Å²) in [5.74, 6) is 2.54. The molecule has 128 valence electrons. The molecule has 3 fully saturated rings. The van der Waals surface area contributed by atoms with Crippen LogP contribution in [0.15, 0.2) is 6.20 Å². The minimum absolute atomic E-state index is 0.332. The molecule has 0 radical (unpaired) electrons. The van der Waals surface area contributed by atoms with Crippen LogP contribution >= 0.6 is 0 Å². The molecule has 5 nitrogen and oxygen atoms in total. The summed E-state index contributed by atoms with van der Waals surface area (Å²) in [5, 5.41) is 3.66. The lowest BCUT2D eigenvalue weighted by Gasteiger charge is -2.32. The van der Waals surface area contributed by atoms with Crippen LogP contribution < -0.4 is 5.32 Å². The molecule has 2 atom stereocenters. The Morgan fingerprint density at radius 3 is 2.75 bits per heavy atom. The summed E-state index contributed by atoms with van der Waals surface area (Å²) >= 11 is 0. The van der Waals surface area contributed by atoms with Crippen molar-refractivity contribution >= 4 is 5.91 Å². The summed E-state index contributed by atoms with van der Waals surface area (Å²) in [4.78, 5) is 24.1. The third kappa shape index (κ3) is 2.83. The minimum Gasteiger partial charge on any atom is -0.338 e. The fourth-order valence-corrected chi connectivity index (χ4v) is 4.80. The quantitative estimate of drug-likeness (QED) is 0.925. The lowest BCUT2D eigenvalue weighted by atomic mass is 9.89. The average molecular weight is 326 g/mol. The van der Waals surface area contributed by atoms with Crippen LogP contribution in [0, 0.1) is 5.92 Å². The van der Waals surface area contributed by atoms with Crippen LogP contribution in [0.25, 0.3) is 0 Å². The second kappa shape index (κ2) is 5.80. The SMILES string of the molecule is O=C(CC1CC2CCC(C1)N2)N1CCc2nc(C3CC3)ncc2C1. The Bertz CT molecular complexity index is 645. The van der Waals surface area contributed by atoms with Gasteiger partial charge in [0.1, 0.15) is 5.82 Å². The maximum absolute atomic E-state index is 12.8. The Hall–Kier alpha value is -1.49. The van der Waals surface area contributed by atoms with Gasteiger partial charge in [-0.15, -0.1) is 0 Å². The molecular weight excluding hydrogens is 300 g/mol. The van der Waals surface area contributed by atoms with E-state index in [1.165, 1.54) is 44.2 Å². The molecule has 2 saturated heterocycles. The lowest BCUT2D eigenvalue weighted by molar-refractivity contribution is -0.133. The molecule has 24 heavy (non-hydrogen) atoms. The summed E-state index contributed by atoms with van der Waals surface area (Å²) < 4.78 is 0. The van der Waals surface area contributed by atoms with E-state index in [4.69, 9.17) is 4.98 Å². The van der Waals surface area contributed by atoms with E-state index in [1.807, 2.05) is 11.1 Å². The van der Waals surface area contributed by atoms with E-state index < -0.39 is 0 Å². The van der Waals surface area contributed by atoms with Gasteiger partial charge in [-0.2, -0.15) is 0 Å². The molecule has 1 aromatic rings. The topological polar surface area (TPSA) is 58.1 Å². The molecule has 5 rings (SSSR count). The third-order valence-corrected chi connectivity index (χ3v) is 6.28. The van der Waals surface area contributed by atoms with Gasteiger partial charge in [0.25, 0.3) is 0 Å². The van der Waals surface area contributed by atoms with Crippen molar-refractivity contribution in [1.29, 1.82) is 0 Å². The van der Waals surface area contributed by atoms with Gasteiger partial charge in [-0.25, -0.2) is 9.97 Å². The van der Waals surface area contributed by atoms with Crippen LogP contribution in [0.1, 0.15) is 67.9 Å². The predicted molar refractivity (Wildman–Crippen MR) is 90.4 cm³/mol. The smallest absolute Gasteiger partial charge is 0.223 e. The highest BCUT2D eigenvalue weighted by atomic mass is 16.2. The Balaban J connectivity index is 1.22. The van der Waals surface area contributed by atoms with Crippen molar-refractivity contribution in [3.8, 4) is 0 Å². The molecule has 2 unspecified atom stereocenters. The summed E-state index contributed by atoms with van der Waals surface area (Å²) in [6, 6.07) is 1.33. The second-order valence-electron chi connectivity index (χ2n) is 8.22. The van der Waals surface area contributed by atoms with Gasteiger partial charge in [0.2, 0.25) is 5.91 Å². The van der Waals surface area contributed by atoms with E-state index in [9.17, 15) is 4.79 Å². The lowest BCUT2D eigenvalue weighted by Crippen LogP contribution is -2.41. The molecular formula is C19H26N4O. The van der Waals surface area contributed by atoms with E-state index in [0.29, 0.717) is 36.4 Å². The Morgan fingerprint density at radius 2 is 2.00 bits per heavy atom. The van der Waals surface area contributed by atoms with Crippen molar-refractivity contribution in [1.82, 2.24) is 20.2 Å². The fourth-order valence-electron chi connectivity index (χ4n) is 4.80. The summed E-state index contributed by atoms with van der Waals surface area (Å²) in [6.07, 6.45) is 11.0. The third-order valence-electron chi connectivity index (χ3n) is 6.28. The first-order valence-electron chi connectivity index (χ1n) is 9.63. The first kappa shape index (κ1) is 14.8. The molecule has 0 spiro atoms. The van der Waals surface area contributed by atoms with Crippen LogP contribution in [-0.4, -0.2) is 39.4 Å². The largest absolute Gasteiger partial charge is 0.338 e. The van der Waals surface area contributed by atoms with E-state index in [2.05, 4.69) is 10.3 Å². The van der Waals surface area contributed by atoms with Gasteiger partial charge >= 0.3 is 0 Å². The molecule has 1 N–H and O–H groups in total. The number of hydrogen-bond donors (Lipinski definition) is 1. The number of aromatic nitrogens is 2. The van der Waals surface area contributed by atoms with Crippen LogP contribution in [0.4, 0.5) is 0 Å². The van der Waals surface area contributed by atoms with Crippen molar-refractivity contribution in [3.05, 3.63) is 23.3 Å². The fraction of sp³-hybridized carbons (Fsp3) is 0.737. The normalized spacial score (nSPS) is 31.8. The first-order chi connectivity index (χ1) is 11.7. The molecule has 1 aliphatic carbocycles. The van der Waals surface area contributed by atoms with Crippen molar-refractivity contribution in [2.45, 2.75) is 75.9 Å². The Morgan fingerprint density at radius 1 is 1.21 bits per heavy atom. The van der Waals surface area contributed by atoms with Crippen molar-refractivity contribution < 1.29 is 4.79 Å². The van der Waals surface area contributed by atoms with Crippen molar-refractivity contribution in [2.24, 2.45) is 5.92 Å². The van der Waals surface area contributed by atoms with Gasteiger partial charge in [-0.1, -0.05) is 0 Å². The molecule has 5 heteroatoms. The monoisotopic (exact) mass is 326 g/mol. The van der Waals surface area contributed by atoms with Crippen LogP contribution in [-0.2, 0) is 17.8 Å². The van der Waals surface area contributed by atoms with Gasteiger partial charge in [0.15, 0.2) is 0 Å². The highest BCUT2D eigenvalue weighted by molar-refractivity contribution is 5.76. The second-order valence-corrected chi connectivity index (χ2v) is 8.22. The number of carbonyl (C=O) groups excluding carboxylic acids is 1. The summed E-state index contributed by atoms with van der Waals surface area (Å²) in [6.45, 7) is 1.53. The average Bonchev–Trinajstić information content (AvgIpc) is 3.39. The van der Waals surface area contributed by atoms with Gasteiger partial charge in [0.05, 0.1) is 5.69 Å². The van der Waals surface area contributed by atoms with Crippen LogP contribution in [0.3, 0.4) is 0 Å².